The van der Waals surface area contributed by atoms with Crippen LogP contribution in [-0.2, 0) is 6.54 Å². The van der Waals surface area contributed by atoms with Gasteiger partial charge in [-0.25, -0.2) is 0 Å². The third kappa shape index (κ3) is 2.30. The minimum Gasteiger partial charge on any atom is -0.396 e. The highest BCUT2D eigenvalue weighted by molar-refractivity contribution is 5.35. The molecule has 0 spiro atoms. The Kier molecular flexibility index (Phi) is 2.71. The summed E-state index contributed by atoms with van der Waals surface area (Å²) in [5, 5.41) is 15.9. The van der Waals surface area contributed by atoms with E-state index in [0.29, 0.717) is 18.1 Å². The monoisotopic (exact) mass is 255 g/mol. The second-order valence-corrected chi connectivity index (χ2v) is 4.32. The van der Waals surface area contributed by atoms with Crippen molar-refractivity contribution in [2.75, 3.05) is 5.73 Å². The van der Waals surface area contributed by atoms with E-state index >= 15 is 0 Å². The van der Waals surface area contributed by atoms with Crippen LogP contribution in [0.5, 0.6) is 0 Å². The number of aryl methyl sites for hydroxylation is 1. The lowest BCUT2D eigenvalue weighted by molar-refractivity contribution is 0.634. The van der Waals surface area contributed by atoms with Crippen LogP contribution in [0.4, 0.5) is 5.69 Å². The van der Waals surface area contributed by atoms with Crippen LogP contribution in [0.2, 0.25) is 0 Å². The molecule has 0 aliphatic carbocycles. The van der Waals surface area contributed by atoms with Crippen molar-refractivity contribution in [1.29, 1.82) is 0 Å². The quantitative estimate of drug-likeness (QED) is 0.747. The highest BCUT2D eigenvalue weighted by Crippen LogP contribution is 2.11. The number of nitrogens with zero attached hydrogens (tertiary/aromatic N) is 6. The molecule has 7 nitrogen and oxygen atoms in total. The van der Waals surface area contributed by atoms with E-state index < -0.39 is 0 Å². The van der Waals surface area contributed by atoms with Crippen molar-refractivity contribution in [3.8, 4) is 5.69 Å². The summed E-state index contributed by atoms with van der Waals surface area (Å²) < 4.78 is 3.40. The molecule has 1 aromatic carbocycles. The Bertz CT molecular complexity index is 697. The van der Waals surface area contributed by atoms with E-state index in [1.807, 2.05) is 31.2 Å². The Morgan fingerprint density at radius 1 is 1.32 bits per heavy atom. The molecule has 3 aromatic rings. The molecular formula is C12H13N7. The molecule has 0 fully saturated rings. The SMILES string of the molecule is Cc1cccc(-n2nnnc2Cn2cc(N)cn2)c1. The zero-order chi connectivity index (χ0) is 13.2. The van der Waals surface area contributed by atoms with Gasteiger partial charge in [0.25, 0.3) is 0 Å². The molecule has 0 bridgehead atoms. The maximum Gasteiger partial charge on any atom is 0.178 e. The van der Waals surface area contributed by atoms with Crippen molar-refractivity contribution in [3.63, 3.8) is 0 Å². The topological polar surface area (TPSA) is 87.4 Å². The second-order valence-electron chi connectivity index (χ2n) is 4.32. The number of anilines is 1. The Morgan fingerprint density at radius 2 is 2.21 bits per heavy atom. The predicted octanol–water partition coefficient (Wildman–Crippen LogP) is 0.798. The largest absolute Gasteiger partial charge is 0.396 e. The average molecular weight is 255 g/mol. The predicted molar refractivity (Wildman–Crippen MR) is 69.6 cm³/mol. The molecule has 2 aromatic heterocycles. The summed E-state index contributed by atoms with van der Waals surface area (Å²) in [6, 6.07) is 7.99. The van der Waals surface area contributed by atoms with Gasteiger partial charge in [0.05, 0.1) is 17.6 Å². The van der Waals surface area contributed by atoms with Gasteiger partial charge in [-0.3, -0.25) is 4.68 Å². The first-order valence-corrected chi connectivity index (χ1v) is 5.84. The molecule has 0 aliphatic heterocycles. The van der Waals surface area contributed by atoms with E-state index in [0.717, 1.165) is 11.3 Å². The molecule has 19 heavy (non-hydrogen) atoms. The molecule has 0 saturated carbocycles. The van der Waals surface area contributed by atoms with Gasteiger partial charge in [-0.15, -0.1) is 5.10 Å². The van der Waals surface area contributed by atoms with Crippen molar-refractivity contribution in [2.45, 2.75) is 13.5 Å². The van der Waals surface area contributed by atoms with Crippen molar-refractivity contribution >= 4 is 5.69 Å². The van der Waals surface area contributed by atoms with Crippen LogP contribution in [-0.4, -0.2) is 30.0 Å². The summed E-state index contributed by atoms with van der Waals surface area (Å²) in [7, 11) is 0. The van der Waals surface area contributed by atoms with Gasteiger partial charge in [0.1, 0.15) is 6.54 Å². The summed E-state index contributed by atoms with van der Waals surface area (Å²) in [6.07, 6.45) is 3.34. The molecule has 0 unspecified atom stereocenters. The Morgan fingerprint density at radius 3 is 2.95 bits per heavy atom. The third-order valence-corrected chi connectivity index (χ3v) is 2.74. The summed E-state index contributed by atoms with van der Waals surface area (Å²) in [6.45, 7) is 2.50. The number of tetrazole rings is 1. The maximum absolute atomic E-state index is 5.63. The molecule has 3 rings (SSSR count). The average Bonchev–Trinajstić information content (AvgIpc) is 2.99. The van der Waals surface area contributed by atoms with Gasteiger partial charge in [-0.05, 0) is 35.0 Å². The van der Waals surface area contributed by atoms with Crippen LogP contribution in [0.15, 0.2) is 36.7 Å². The zero-order valence-electron chi connectivity index (χ0n) is 10.4. The van der Waals surface area contributed by atoms with Gasteiger partial charge >= 0.3 is 0 Å². The molecule has 0 radical (unpaired) electrons. The molecule has 0 atom stereocenters. The Hall–Kier alpha value is -2.70. The first kappa shape index (κ1) is 11.4. The van der Waals surface area contributed by atoms with E-state index in [9.17, 15) is 0 Å². The molecule has 0 amide bonds. The van der Waals surface area contributed by atoms with Gasteiger partial charge in [-0.1, -0.05) is 12.1 Å². The van der Waals surface area contributed by atoms with E-state index in [-0.39, 0.29) is 0 Å². The second kappa shape index (κ2) is 4.52. The molecule has 0 saturated heterocycles. The van der Waals surface area contributed by atoms with E-state index in [4.69, 9.17) is 5.73 Å². The van der Waals surface area contributed by atoms with Crippen LogP contribution in [0, 0.1) is 6.92 Å². The molecule has 2 N–H and O–H groups in total. The number of nitrogens with two attached hydrogens (primary N) is 1. The fourth-order valence-corrected chi connectivity index (χ4v) is 1.88. The fraction of sp³-hybridized carbons (Fsp3) is 0.167. The van der Waals surface area contributed by atoms with E-state index in [2.05, 4.69) is 20.6 Å². The van der Waals surface area contributed by atoms with Gasteiger partial charge < -0.3 is 5.73 Å². The van der Waals surface area contributed by atoms with Crippen molar-refractivity contribution < 1.29 is 0 Å². The fourth-order valence-electron chi connectivity index (χ4n) is 1.88. The molecular weight excluding hydrogens is 242 g/mol. The summed E-state index contributed by atoms with van der Waals surface area (Å²) in [5.74, 6) is 0.703. The van der Waals surface area contributed by atoms with Crippen molar-refractivity contribution in [1.82, 2.24) is 30.0 Å². The lowest BCUT2D eigenvalue weighted by atomic mass is 10.2. The van der Waals surface area contributed by atoms with Crippen LogP contribution >= 0.6 is 0 Å². The van der Waals surface area contributed by atoms with Crippen LogP contribution in [0.25, 0.3) is 5.69 Å². The highest BCUT2D eigenvalue weighted by Gasteiger charge is 2.09. The normalized spacial score (nSPS) is 10.8. The van der Waals surface area contributed by atoms with Crippen LogP contribution in [0.3, 0.4) is 0 Å². The Balaban J connectivity index is 1.94. The van der Waals surface area contributed by atoms with E-state index in [1.54, 1.807) is 21.8 Å². The molecule has 96 valence electrons. The minimum absolute atomic E-state index is 0.470. The zero-order valence-corrected chi connectivity index (χ0v) is 10.4. The van der Waals surface area contributed by atoms with Crippen molar-refractivity contribution in [3.05, 3.63) is 48.0 Å². The van der Waals surface area contributed by atoms with Crippen molar-refractivity contribution in [2.24, 2.45) is 0 Å². The number of aromatic nitrogens is 6. The van der Waals surface area contributed by atoms with Gasteiger partial charge in [-0.2, -0.15) is 9.78 Å². The molecule has 2 heterocycles. The standard InChI is InChI=1S/C12H13N7/c1-9-3-2-4-11(5-9)19-12(15-16-17-19)8-18-7-10(13)6-14-18/h2-7H,8,13H2,1H3. The maximum atomic E-state index is 5.63. The molecule has 0 aliphatic rings. The smallest absolute Gasteiger partial charge is 0.178 e. The minimum atomic E-state index is 0.470. The number of rotatable bonds is 3. The lowest BCUT2D eigenvalue weighted by Gasteiger charge is -2.05. The first-order chi connectivity index (χ1) is 9.22. The summed E-state index contributed by atoms with van der Waals surface area (Å²) in [4.78, 5) is 0. The number of nitrogen functional groups attached to an aromatic ring is 1. The van der Waals surface area contributed by atoms with Crippen LogP contribution in [0.1, 0.15) is 11.4 Å². The lowest BCUT2D eigenvalue weighted by Crippen LogP contribution is -2.09. The highest BCUT2D eigenvalue weighted by atomic mass is 15.5. The van der Waals surface area contributed by atoms with E-state index in [1.165, 1.54) is 0 Å². The third-order valence-electron chi connectivity index (χ3n) is 2.74. The number of benzene rings is 1. The number of hydrogen-bond acceptors (Lipinski definition) is 5. The van der Waals surface area contributed by atoms with Gasteiger partial charge in [0.15, 0.2) is 5.82 Å². The summed E-state index contributed by atoms with van der Waals surface area (Å²) >= 11 is 0. The summed E-state index contributed by atoms with van der Waals surface area (Å²) in [5.41, 5.74) is 8.34. The van der Waals surface area contributed by atoms with Gasteiger partial charge in [0.2, 0.25) is 0 Å². The first-order valence-electron chi connectivity index (χ1n) is 5.84. The van der Waals surface area contributed by atoms with Gasteiger partial charge in [0, 0.05) is 6.20 Å². The molecule has 7 heteroatoms. The van der Waals surface area contributed by atoms with Crippen LogP contribution < -0.4 is 5.73 Å². The Labute approximate surface area is 109 Å². The number of hydrogen-bond donors (Lipinski definition) is 1.